The van der Waals surface area contributed by atoms with E-state index in [1.807, 2.05) is 0 Å². The summed E-state index contributed by atoms with van der Waals surface area (Å²) in [5.74, 6) is 0.298. The Morgan fingerprint density at radius 2 is 1.76 bits per heavy atom. The molecule has 2 amide bonds. The van der Waals surface area contributed by atoms with Gasteiger partial charge < -0.3 is 14.6 Å². The summed E-state index contributed by atoms with van der Waals surface area (Å²) in [5.41, 5.74) is 0.913. The Hall–Kier alpha value is -2.41. The highest BCUT2D eigenvalue weighted by Gasteiger charge is 2.19. The zero-order valence-electron chi connectivity index (χ0n) is 15.5. The molecule has 3 aromatic rings. The van der Waals surface area contributed by atoms with Crippen LogP contribution in [0.4, 0.5) is 5.69 Å². The average molecular weight is 449 g/mol. The molecule has 150 valence electrons. The predicted molar refractivity (Wildman–Crippen MR) is 117 cm³/mol. The zero-order chi connectivity index (χ0) is 20.8. The van der Waals surface area contributed by atoms with Crippen LogP contribution >= 0.6 is 35.0 Å². The second-order valence-corrected chi connectivity index (χ2v) is 7.87. The highest BCUT2D eigenvalue weighted by Crippen LogP contribution is 2.34. The number of nitrogens with one attached hydrogen (secondary N) is 1. The number of nitrogens with zero attached hydrogens (tertiary/aromatic N) is 1. The molecule has 0 atom stereocenters. The van der Waals surface area contributed by atoms with Gasteiger partial charge >= 0.3 is 0 Å². The lowest BCUT2D eigenvalue weighted by atomic mass is 10.1. The number of hydrogen-bond acceptors (Lipinski definition) is 4. The van der Waals surface area contributed by atoms with E-state index in [4.69, 9.17) is 27.6 Å². The Balaban J connectivity index is 1.69. The highest BCUT2D eigenvalue weighted by molar-refractivity contribution is 8.00. The quantitative estimate of drug-likeness (QED) is 0.499. The summed E-state index contributed by atoms with van der Waals surface area (Å²) < 4.78 is 5.23. The average Bonchev–Trinajstić information content (AvgIpc) is 3.24. The van der Waals surface area contributed by atoms with Crippen LogP contribution in [0.1, 0.15) is 16.1 Å². The van der Waals surface area contributed by atoms with Crippen LogP contribution in [-0.2, 0) is 11.3 Å². The number of furan rings is 1. The topological polar surface area (TPSA) is 62.6 Å². The fraction of sp³-hybridized carbons (Fsp3) is 0.143. The monoisotopic (exact) mass is 448 g/mol. The van der Waals surface area contributed by atoms with Gasteiger partial charge in [0, 0.05) is 11.9 Å². The lowest BCUT2D eigenvalue weighted by Crippen LogP contribution is -2.31. The molecule has 0 bridgehead atoms. The maximum absolute atomic E-state index is 12.7. The van der Waals surface area contributed by atoms with Crippen molar-refractivity contribution in [2.24, 2.45) is 0 Å². The lowest BCUT2D eigenvalue weighted by Gasteiger charge is -2.20. The fourth-order valence-electron chi connectivity index (χ4n) is 2.62. The van der Waals surface area contributed by atoms with Gasteiger partial charge in [-0.1, -0.05) is 41.4 Å². The molecule has 1 N–H and O–H groups in total. The summed E-state index contributed by atoms with van der Waals surface area (Å²) in [6.07, 6.45) is 1.55. The van der Waals surface area contributed by atoms with Gasteiger partial charge in [-0.25, -0.2) is 0 Å². The molecular formula is C21H18Cl2N2O3S. The number of hydrogen-bond donors (Lipinski definition) is 1. The van der Waals surface area contributed by atoms with Crippen molar-refractivity contribution in [3.8, 4) is 0 Å². The van der Waals surface area contributed by atoms with Crippen molar-refractivity contribution in [1.29, 1.82) is 0 Å². The van der Waals surface area contributed by atoms with E-state index in [1.54, 1.807) is 67.9 Å². The van der Waals surface area contributed by atoms with E-state index in [-0.39, 0.29) is 24.1 Å². The molecule has 5 nitrogen and oxygen atoms in total. The van der Waals surface area contributed by atoms with Gasteiger partial charge in [0.2, 0.25) is 5.91 Å². The molecule has 0 spiro atoms. The Bertz CT molecular complexity index is 989. The molecule has 1 heterocycles. The van der Waals surface area contributed by atoms with Gasteiger partial charge in [0.15, 0.2) is 0 Å². The molecule has 29 heavy (non-hydrogen) atoms. The minimum absolute atomic E-state index is 0.127. The van der Waals surface area contributed by atoms with E-state index in [0.29, 0.717) is 32.0 Å². The third-order valence-electron chi connectivity index (χ3n) is 4.15. The molecule has 0 unspecified atom stereocenters. The zero-order valence-corrected chi connectivity index (χ0v) is 17.9. The number of carbonyl (C=O) groups excluding carboxylic acids is 2. The van der Waals surface area contributed by atoms with Crippen molar-refractivity contribution >= 4 is 52.5 Å². The Morgan fingerprint density at radius 1 is 1.03 bits per heavy atom. The molecule has 0 saturated heterocycles. The van der Waals surface area contributed by atoms with Gasteiger partial charge in [0.1, 0.15) is 5.76 Å². The molecule has 2 aromatic carbocycles. The standard InChI is InChI=1S/C21H18Cl2N2O3S/c1-25(19(26)13-29-20-16(22)8-4-9-17(20)23)18-10-3-2-7-15(18)21(27)24-12-14-6-5-11-28-14/h2-11H,12-13H2,1H3,(H,24,27). The number of halogens is 2. The second kappa shape index (κ2) is 9.87. The van der Waals surface area contributed by atoms with Crippen LogP contribution in [0.25, 0.3) is 0 Å². The molecule has 0 aliphatic carbocycles. The van der Waals surface area contributed by atoms with E-state index in [9.17, 15) is 9.59 Å². The number of amides is 2. The Labute approximate surface area is 183 Å². The number of rotatable bonds is 7. The molecule has 8 heteroatoms. The molecule has 0 saturated carbocycles. The fourth-order valence-corrected chi connectivity index (χ4v) is 4.22. The maximum Gasteiger partial charge on any atom is 0.253 e. The minimum Gasteiger partial charge on any atom is -0.467 e. The van der Waals surface area contributed by atoms with Crippen molar-refractivity contribution < 1.29 is 14.0 Å². The first-order chi connectivity index (χ1) is 14.0. The van der Waals surface area contributed by atoms with Gasteiger partial charge in [-0.05, 0) is 36.4 Å². The third-order valence-corrected chi connectivity index (χ3v) is 6.12. The Morgan fingerprint density at radius 3 is 2.45 bits per heavy atom. The van der Waals surface area contributed by atoms with Gasteiger partial charge in [-0.2, -0.15) is 0 Å². The molecule has 0 fully saturated rings. The first-order valence-corrected chi connectivity index (χ1v) is 10.4. The summed E-state index contributed by atoms with van der Waals surface area (Å²) in [6.45, 7) is 0.263. The van der Waals surface area contributed by atoms with E-state index in [1.165, 1.54) is 16.7 Å². The van der Waals surface area contributed by atoms with Crippen molar-refractivity contribution in [1.82, 2.24) is 5.32 Å². The van der Waals surface area contributed by atoms with E-state index < -0.39 is 0 Å². The van der Waals surface area contributed by atoms with Crippen LogP contribution in [0.2, 0.25) is 10.0 Å². The number of benzene rings is 2. The smallest absolute Gasteiger partial charge is 0.253 e. The third kappa shape index (κ3) is 5.35. The predicted octanol–water partition coefficient (Wildman–Crippen LogP) is 5.27. The minimum atomic E-state index is -0.293. The Kier molecular flexibility index (Phi) is 7.25. The van der Waals surface area contributed by atoms with Crippen LogP contribution in [0.15, 0.2) is 70.2 Å². The summed E-state index contributed by atoms with van der Waals surface area (Å²) in [6, 6.07) is 15.7. The molecule has 1 aromatic heterocycles. The summed E-state index contributed by atoms with van der Waals surface area (Å²) in [7, 11) is 1.63. The van der Waals surface area contributed by atoms with Crippen LogP contribution in [0.3, 0.4) is 0 Å². The van der Waals surface area contributed by atoms with Crippen LogP contribution in [0.5, 0.6) is 0 Å². The molecule has 3 rings (SSSR count). The highest BCUT2D eigenvalue weighted by atomic mass is 35.5. The van der Waals surface area contributed by atoms with Crippen molar-refractivity contribution in [3.05, 3.63) is 82.2 Å². The number of para-hydroxylation sites is 1. The van der Waals surface area contributed by atoms with Gasteiger partial charge in [0.25, 0.3) is 5.91 Å². The molecule has 0 aliphatic rings. The molecule has 0 radical (unpaired) electrons. The van der Waals surface area contributed by atoms with Crippen LogP contribution in [0, 0.1) is 0 Å². The van der Waals surface area contributed by atoms with Gasteiger partial charge in [-0.15, -0.1) is 11.8 Å². The van der Waals surface area contributed by atoms with E-state index >= 15 is 0 Å². The maximum atomic E-state index is 12.7. The second-order valence-electron chi connectivity index (χ2n) is 6.07. The van der Waals surface area contributed by atoms with Crippen LogP contribution in [-0.4, -0.2) is 24.6 Å². The molecular weight excluding hydrogens is 431 g/mol. The van der Waals surface area contributed by atoms with Crippen molar-refractivity contribution in [2.45, 2.75) is 11.4 Å². The van der Waals surface area contributed by atoms with Crippen LogP contribution < -0.4 is 10.2 Å². The van der Waals surface area contributed by atoms with E-state index in [2.05, 4.69) is 5.32 Å². The van der Waals surface area contributed by atoms with Crippen molar-refractivity contribution in [2.75, 3.05) is 17.7 Å². The van der Waals surface area contributed by atoms with Crippen molar-refractivity contribution in [3.63, 3.8) is 0 Å². The number of anilines is 1. The van der Waals surface area contributed by atoms with Gasteiger partial charge in [-0.3, -0.25) is 9.59 Å². The van der Waals surface area contributed by atoms with Gasteiger partial charge in [0.05, 0.1) is 39.9 Å². The SMILES string of the molecule is CN(C(=O)CSc1c(Cl)cccc1Cl)c1ccccc1C(=O)NCc1ccco1. The largest absolute Gasteiger partial charge is 0.467 e. The normalized spacial score (nSPS) is 10.6. The number of carbonyl (C=O) groups is 2. The summed E-state index contributed by atoms with van der Waals surface area (Å²) in [4.78, 5) is 27.5. The molecule has 0 aliphatic heterocycles. The lowest BCUT2D eigenvalue weighted by molar-refractivity contribution is -0.115. The first kappa shape index (κ1) is 21.3. The number of thioether (sulfide) groups is 1. The van der Waals surface area contributed by atoms with E-state index in [0.717, 1.165) is 0 Å². The summed E-state index contributed by atoms with van der Waals surface area (Å²) >= 11 is 13.6. The first-order valence-electron chi connectivity index (χ1n) is 8.70. The summed E-state index contributed by atoms with van der Waals surface area (Å²) in [5, 5.41) is 3.79.